The van der Waals surface area contributed by atoms with Crippen molar-refractivity contribution >= 4 is 10.0 Å². The van der Waals surface area contributed by atoms with Crippen LogP contribution in [0.4, 0.5) is 0 Å². The predicted molar refractivity (Wildman–Crippen MR) is 99.6 cm³/mol. The highest BCUT2D eigenvalue weighted by Gasteiger charge is 2.49. The van der Waals surface area contributed by atoms with Crippen LogP contribution in [-0.2, 0) is 27.7 Å². The summed E-state index contributed by atoms with van der Waals surface area (Å²) >= 11 is 0. The Labute approximate surface area is 153 Å². The van der Waals surface area contributed by atoms with Gasteiger partial charge in [0, 0.05) is 5.56 Å². The van der Waals surface area contributed by atoms with Crippen molar-refractivity contribution < 1.29 is 13.3 Å². The number of nitrogens with zero attached hydrogens (tertiary/aromatic N) is 1. The molecule has 5 heteroatoms. The molecule has 1 heterocycles. The van der Waals surface area contributed by atoms with Gasteiger partial charge in [-0.1, -0.05) is 72.8 Å². The van der Waals surface area contributed by atoms with Gasteiger partial charge in [-0.05, 0) is 40.6 Å². The zero-order valence-electron chi connectivity index (χ0n) is 14.2. The first-order valence-corrected chi connectivity index (χ1v) is 9.98. The van der Waals surface area contributed by atoms with E-state index in [2.05, 4.69) is 12.1 Å². The molecule has 0 N–H and O–H groups in total. The van der Waals surface area contributed by atoms with Gasteiger partial charge in [0.2, 0.25) is 0 Å². The van der Waals surface area contributed by atoms with E-state index in [0.29, 0.717) is 0 Å². The average molecular weight is 365 g/mol. The second-order valence-corrected chi connectivity index (χ2v) is 8.00. The Hall–Kier alpha value is -2.47. The number of hydrogen-bond donors (Lipinski definition) is 0. The molecular weight excluding hydrogens is 346 g/mol. The van der Waals surface area contributed by atoms with Crippen molar-refractivity contribution in [3.8, 4) is 0 Å². The Kier molecular flexibility index (Phi) is 4.59. The molecule has 2 atom stereocenters. The lowest BCUT2D eigenvalue weighted by Gasteiger charge is -2.08. The van der Waals surface area contributed by atoms with Gasteiger partial charge in [-0.2, -0.15) is 0 Å². The van der Waals surface area contributed by atoms with Crippen molar-refractivity contribution in [3.05, 3.63) is 102 Å². The van der Waals surface area contributed by atoms with E-state index >= 15 is 0 Å². The van der Waals surface area contributed by atoms with Crippen LogP contribution in [0.15, 0.2) is 89.8 Å². The van der Waals surface area contributed by atoms with Crippen molar-refractivity contribution in [2.45, 2.75) is 24.0 Å². The first-order valence-electron chi connectivity index (χ1n) is 8.54. The smallest absolute Gasteiger partial charge is 0.253 e. The molecule has 3 aromatic carbocycles. The van der Waals surface area contributed by atoms with Crippen LogP contribution in [0.1, 0.15) is 22.9 Å². The third-order valence-electron chi connectivity index (χ3n) is 4.47. The Morgan fingerprint density at radius 3 is 2.12 bits per heavy atom. The highest BCUT2D eigenvalue weighted by Crippen LogP contribution is 2.43. The maximum atomic E-state index is 12.7. The molecule has 2 unspecified atom stereocenters. The monoisotopic (exact) mass is 365 g/mol. The van der Waals surface area contributed by atoms with Crippen LogP contribution in [-0.4, -0.2) is 12.9 Å². The SMILES string of the molecule is O=S(=O)(c1ccccc1)N1OC1c1ccccc1CCc1ccccc1. The zero-order valence-corrected chi connectivity index (χ0v) is 15.0. The van der Waals surface area contributed by atoms with E-state index in [0.717, 1.165) is 28.4 Å². The van der Waals surface area contributed by atoms with E-state index in [-0.39, 0.29) is 4.90 Å². The van der Waals surface area contributed by atoms with Gasteiger partial charge >= 0.3 is 0 Å². The number of benzene rings is 3. The van der Waals surface area contributed by atoms with E-state index in [1.54, 1.807) is 30.3 Å². The fourth-order valence-corrected chi connectivity index (χ4v) is 4.32. The molecule has 3 aromatic rings. The summed E-state index contributed by atoms with van der Waals surface area (Å²) in [5.74, 6) is 0. The van der Waals surface area contributed by atoms with Crippen LogP contribution >= 0.6 is 0 Å². The normalized spacial score (nSPS) is 19.2. The molecule has 0 spiro atoms. The van der Waals surface area contributed by atoms with Gasteiger partial charge in [0.05, 0.1) is 4.90 Å². The summed E-state index contributed by atoms with van der Waals surface area (Å²) in [5.41, 5.74) is 3.27. The van der Waals surface area contributed by atoms with Crippen molar-refractivity contribution in [2.24, 2.45) is 0 Å². The van der Waals surface area contributed by atoms with Gasteiger partial charge in [-0.25, -0.2) is 8.42 Å². The maximum Gasteiger partial charge on any atom is 0.267 e. The molecule has 4 rings (SSSR count). The molecule has 0 radical (unpaired) electrons. The Morgan fingerprint density at radius 2 is 1.38 bits per heavy atom. The van der Waals surface area contributed by atoms with E-state index in [4.69, 9.17) is 4.84 Å². The Balaban J connectivity index is 1.53. The van der Waals surface area contributed by atoms with Crippen molar-refractivity contribution in [2.75, 3.05) is 0 Å². The fourth-order valence-electron chi connectivity index (χ4n) is 3.05. The summed E-state index contributed by atoms with van der Waals surface area (Å²) in [6, 6.07) is 26.5. The van der Waals surface area contributed by atoms with Gasteiger partial charge in [0.15, 0.2) is 6.23 Å². The summed E-state index contributed by atoms with van der Waals surface area (Å²) in [6.45, 7) is 0. The minimum atomic E-state index is -3.64. The number of rotatable bonds is 6. The maximum absolute atomic E-state index is 12.7. The second-order valence-electron chi connectivity index (χ2n) is 6.22. The fraction of sp³-hybridized carbons (Fsp3) is 0.143. The van der Waals surface area contributed by atoms with Crippen molar-refractivity contribution in [3.63, 3.8) is 0 Å². The number of aryl methyl sites for hydroxylation is 2. The Bertz CT molecular complexity index is 988. The third kappa shape index (κ3) is 3.42. The molecule has 0 saturated carbocycles. The lowest BCUT2D eigenvalue weighted by molar-refractivity contribution is 0.283. The molecule has 0 aromatic heterocycles. The molecule has 0 amide bonds. The summed E-state index contributed by atoms with van der Waals surface area (Å²) in [7, 11) is -3.64. The van der Waals surface area contributed by atoms with Crippen LogP contribution in [0, 0.1) is 0 Å². The molecule has 1 aliphatic heterocycles. The highest BCUT2D eigenvalue weighted by molar-refractivity contribution is 7.89. The van der Waals surface area contributed by atoms with Gasteiger partial charge in [0.25, 0.3) is 10.0 Å². The molecule has 1 aliphatic rings. The minimum absolute atomic E-state index is 0.240. The van der Waals surface area contributed by atoms with E-state index < -0.39 is 16.3 Å². The molecule has 132 valence electrons. The van der Waals surface area contributed by atoms with Crippen LogP contribution in [0.3, 0.4) is 0 Å². The first kappa shape index (κ1) is 17.0. The quantitative estimate of drug-likeness (QED) is 0.618. The molecular formula is C21H19NO3S. The topological polar surface area (TPSA) is 49.7 Å². The molecule has 4 nitrogen and oxygen atoms in total. The van der Waals surface area contributed by atoms with Crippen LogP contribution < -0.4 is 0 Å². The highest BCUT2D eigenvalue weighted by atomic mass is 32.2. The molecule has 0 aliphatic carbocycles. The van der Waals surface area contributed by atoms with E-state index in [9.17, 15) is 8.42 Å². The average Bonchev–Trinajstić information content (AvgIpc) is 3.50. The van der Waals surface area contributed by atoms with Gasteiger partial charge in [-0.15, -0.1) is 0 Å². The largest absolute Gasteiger partial charge is 0.267 e. The van der Waals surface area contributed by atoms with E-state index in [1.165, 1.54) is 5.56 Å². The molecule has 0 bridgehead atoms. The standard InChI is InChI=1S/C21H19NO3S/c23-26(24,19-12-5-2-6-13-19)22-21(25-22)20-14-8-7-11-18(20)16-15-17-9-3-1-4-10-17/h1-14,21H,15-16H2. The number of hydrogen-bond acceptors (Lipinski definition) is 3. The zero-order chi connectivity index (χ0) is 18.0. The van der Waals surface area contributed by atoms with Crippen LogP contribution in [0.2, 0.25) is 0 Å². The lowest BCUT2D eigenvalue weighted by Crippen LogP contribution is -2.12. The van der Waals surface area contributed by atoms with Gasteiger partial charge < -0.3 is 0 Å². The third-order valence-corrected chi connectivity index (χ3v) is 6.09. The Morgan fingerprint density at radius 1 is 0.769 bits per heavy atom. The van der Waals surface area contributed by atoms with Crippen molar-refractivity contribution in [1.29, 1.82) is 0 Å². The van der Waals surface area contributed by atoms with E-state index in [1.807, 2.05) is 42.5 Å². The molecule has 1 saturated heterocycles. The first-order chi connectivity index (χ1) is 12.7. The lowest BCUT2D eigenvalue weighted by atomic mass is 9.99. The summed E-state index contributed by atoms with van der Waals surface area (Å²) in [6.07, 6.45) is 1.18. The van der Waals surface area contributed by atoms with Crippen molar-refractivity contribution in [1.82, 2.24) is 4.47 Å². The summed E-state index contributed by atoms with van der Waals surface area (Å²) in [5, 5.41) is 0. The molecule has 26 heavy (non-hydrogen) atoms. The predicted octanol–water partition coefficient (Wildman–Crippen LogP) is 4.11. The second kappa shape index (κ2) is 7.03. The summed E-state index contributed by atoms with van der Waals surface area (Å²) < 4.78 is 26.4. The van der Waals surface area contributed by atoms with Crippen LogP contribution in [0.5, 0.6) is 0 Å². The molecule has 1 fully saturated rings. The van der Waals surface area contributed by atoms with Gasteiger partial charge in [0.1, 0.15) is 0 Å². The minimum Gasteiger partial charge on any atom is -0.253 e. The number of sulfonamides is 1. The summed E-state index contributed by atoms with van der Waals surface area (Å²) in [4.78, 5) is 5.70. The van der Waals surface area contributed by atoms with Crippen LogP contribution in [0.25, 0.3) is 0 Å². The van der Waals surface area contributed by atoms with Gasteiger partial charge in [-0.3, -0.25) is 4.84 Å². The number of hydroxylamine groups is 1.